The first-order valence-electron chi connectivity index (χ1n) is 28.3. The number of hydrogen-bond acceptors (Lipinski definition) is 6. The average Bonchev–Trinajstić information content (AvgIpc) is 4.17. The van der Waals surface area contributed by atoms with Crippen molar-refractivity contribution in [1.82, 2.24) is 4.98 Å². The number of rotatable bonds is 7. The van der Waals surface area contributed by atoms with Crippen LogP contribution in [0.4, 0.5) is 51.4 Å². The molecule has 0 aliphatic carbocycles. The summed E-state index contributed by atoms with van der Waals surface area (Å²) in [6.07, 6.45) is 0. The highest BCUT2D eigenvalue weighted by Gasteiger charge is 2.48. The van der Waals surface area contributed by atoms with E-state index in [9.17, 15) is 0 Å². The summed E-state index contributed by atoms with van der Waals surface area (Å²) in [6, 6.07) is 73.4. The first kappa shape index (κ1) is 50.9. The van der Waals surface area contributed by atoms with Crippen LogP contribution in [0, 0.1) is 0 Å². The maximum absolute atomic E-state index is 7.40. The number of para-hydroxylation sites is 2. The van der Waals surface area contributed by atoms with Gasteiger partial charge in [0.25, 0.3) is 6.71 Å². The van der Waals surface area contributed by atoms with Gasteiger partial charge < -0.3 is 18.6 Å². The third-order valence-electron chi connectivity index (χ3n) is 16.5. The number of nitrogens with zero attached hydrogens (tertiary/aromatic N) is 4. The van der Waals surface area contributed by atoms with Crippen molar-refractivity contribution in [2.75, 3.05) is 14.7 Å². The molecule has 11 aromatic rings. The van der Waals surface area contributed by atoms with Crippen molar-refractivity contribution in [2.45, 2.75) is 105 Å². The molecule has 0 N–H and O–H groups in total. The van der Waals surface area contributed by atoms with E-state index in [4.69, 9.17) is 13.8 Å². The summed E-state index contributed by atoms with van der Waals surface area (Å²) in [5, 5.41) is 2.15. The van der Waals surface area contributed by atoms with Gasteiger partial charge in [-0.3, -0.25) is 4.90 Å². The molecule has 0 radical (unpaired) electrons. The average molecular weight is 1050 g/mol. The minimum Gasteiger partial charge on any atom is -0.456 e. The van der Waals surface area contributed by atoms with E-state index in [1.165, 1.54) is 33.3 Å². The van der Waals surface area contributed by atoms with Crippen LogP contribution in [0.1, 0.15) is 105 Å². The van der Waals surface area contributed by atoms with Crippen molar-refractivity contribution in [3.8, 4) is 22.6 Å². The fraction of sp³-hybridized carbons (Fsp3) is 0.219. The first-order chi connectivity index (χ1) is 38.2. The molecule has 0 unspecified atom stereocenters. The van der Waals surface area contributed by atoms with Gasteiger partial charge in [0.2, 0.25) is 11.8 Å². The van der Waals surface area contributed by atoms with Crippen molar-refractivity contribution < 1.29 is 8.83 Å². The molecule has 0 bridgehead atoms. The molecule has 4 heterocycles. The molecular formula is C73H69BN4O2. The Balaban J connectivity index is 1.07. The van der Waals surface area contributed by atoms with E-state index in [2.05, 4.69) is 298 Å². The molecule has 80 heavy (non-hydrogen) atoms. The van der Waals surface area contributed by atoms with Crippen LogP contribution in [-0.2, 0) is 21.7 Å². The normalized spacial score (nSPS) is 13.4. The number of furan rings is 1. The molecule has 0 saturated carbocycles. The number of aromatic nitrogens is 1. The van der Waals surface area contributed by atoms with Crippen LogP contribution < -0.4 is 31.2 Å². The van der Waals surface area contributed by atoms with Crippen LogP contribution in [0.3, 0.4) is 0 Å². The lowest BCUT2D eigenvalue weighted by Crippen LogP contribution is -2.61. The van der Waals surface area contributed by atoms with Crippen LogP contribution in [0.2, 0.25) is 0 Å². The molecule has 0 amide bonds. The predicted molar refractivity (Wildman–Crippen MR) is 338 cm³/mol. The largest absolute Gasteiger partial charge is 0.456 e. The monoisotopic (exact) mass is 1040 g/mol. The molecule has 0 atom stereocenters. The highest BCUT2D eigenvalue weighted by Crippen LogP contribution is 2.49. The number of oxazole rings is 1. The summed E-state index contributed by atoms with van der Waals surface area (Å²) in [6.45, 7) is 27.1. The molecule has 9 aromatic carbocycles. The minimum absolute atomic E-state index is 0.0247. The zero-order chi connectivity index (χ0) is 55.6. The van der Waals surface area contributed by atoms with E-state index < -0.39 is 0 Å². The highest BCUT2D eigenvalue weighted by molar-refractivity contribution is 6.99. The van der Waals surface area contributed by atoms with Gasteiger partial charge in [0, 0.05) is 61.8 Å². The van der Waals surface area contributed by atoms with E-state index in [-0.39, 0.29) is 28.4 Å². The lowest BCUT2D eigenvalue weighted by molar-refractivity contribution is 0.579. The predicted octanol–water partition coefficient (Wildman–Crippen LogP) is 18.7. The summed E-state index contributed by atoms with van der Waals surface area (Å²) in [5.74, 6) is 1.27. The molecule has 6 nitrogen and oxygen atoms in total. The SMILES string of the molecule is CC(C)(C)c1ccc(-c2ccc(-c3nc4c(o3)N(c3ccc5oc6ccc(C(C)(C)C)cc6c5c3)c3cc(C(C)(C)C)cc5c3B4c3ccc(N(c4ccccc4)c4ccccc4)cc3N5c3ccc(C(C)(C)C)cc3)cc2)cc1. The van der Waals surface area contributed by atoms with Gasteiger partial charge in [-0.05, 0) is 169 Å². The quantitative estimate of drug-likeness (QED) is 0.148. The van der Waals surface area contributed by atoms with Crippen molar-refractivity contribution in [3.05, 3.63) is 222 Å². The molecule has 0 saturated heterocycles. The van der Waals surface area contributed by atoms with Gasteiger partial charge in [-0.25, -0.2) is 4.98 Å². The second-order valence-electron chi connectivity index (χ2n) is 26.2. The number of benzene rings is 9. The summed E-state index contributed by atoms with van der Waals surface area (Å²) < 4.78 is 14.0. The minimum atomic E-state index is -0.290. The third-order valence-corrected chi connectivity index (χ3v) is 16.5. The summed E-state index contributed by atoms with van der Waals surface area (Å²) >= 11 is 0. The lowest BCUT2D eigenvalue weighted by atomic mass is 9.35. The van der Waals surface area contributed by atoms with Gasteiger partial charge in [0.1, 0.15) is 11.2 Å². The zero-order valence-electron chi connectivity index (χ0n) is 48.2. The van der Waals surface area contributed by atoms with Crippen molar-refractivity contribution in [2.24, 2.45) is 0 Å². The van der Waals surface area contributed by atoms with E-state index in [1.54, 1.807) is 0 Å². The van der Waals surface area contributed by atoms with E-state index in [0.29, 0.717) is 11.8 Å². The van der Waals surface area contributed by atoms with Gasteiger partial charge in [-0.15, -0.1) is 0 Å². The Morgan fingerprint density at radius 3 is 1.45 bits per heavy atom. The van der Waals surface area contributed by atoms with E-state index in [1.807, 2.05) is 0 Å². The van der Waals surface area contributed by atoms with Crippen LogP contribution in [0.25, 0.3) is 44.5 Å². The molecule has 2 aliphatic heterocycles. The third kappa shape index (κ3) is 8.79. The van der Waals surface area contributed by atoms with Gasteiger partial charge in [-0.2, -0.15) is 0 Å². The zero-order valence-corrected chi connectivity index (χ0v) is 48.2. The number of hydrogen-bond donors (Lipinski definition) is 0. The van der Waals surface area contributed by atoms with Crippen LogP contribution >= 0.6 is 0 Å². The first-order valence-corrected chi connectivity index (χ1v) is 28.3. The summed E-state index contributed by atoms with van der Waals surface area (Å²) in [7, 11) is 0. The molecule has 7 heteroatoms. The second kappa shape index (κ2) is 18.5. The van der Waals surface area contributed by atoms with Crippen LogP contribution in [0.5, 0.6) is 0 Å². The Bertz CT molecular complexity index is 4110. The summed E-state index contributed by atoms with van der Waals surface area (Å²) in [5.41, 5.74) is 21.5. The standard InChI is InChI=1S/C73H69BN4O2/c1-70(2,3)49-29-27-47(28-30-49)46-23-25-48(26-24-46)68-75-67-69(80-68)78(56-37-40-65-59(44-56)58-41-51(72(7,8)9)33-39-64(58)79-65)63-43-52(73(10,11)12)42-62-66(63)74(67)60-38-36-57(76(53-19-15-13-16-20-53)54-21-17-14-18-22-54)45-61(60)77(62)55-34-31-50(32-35-55)71(4,5)6/h13-45H,1-12H3. The van der Waals surface area contributed by atoms with Gasteiger partial charge >= 0.3 is 0 Å². The molecular weight excluding hydrogens is 976 g/mol. The highest BCUT2D eigenvalue weighted by atomic mass is 16.4. The number of fused-ring (bicyclic) bond motifs is 7. The fourth-order valence-corrected chi connectivity index (χ4v) is 11.9. The number of anilines is 9. The molecule has 2 aromatic heterocycles. The molecule has 0 spiro atoms. The fourth-order valence-electron chi connectivity index (χ4n) is 11.9. The Hall–Kier alpha value is -8.55. The van der Waals surface area contributed by atoms with Crippen LogP contribution in [-0.4, -0.2) is 11.7 Å². The van der Waals surface area contributed by atoms with E-state index >= 15 is 0 Å². The van der Waals surface area contributed by atoms with Gasteiger partial charge in [0.15, 0.2) is 0 Å². The van der Waals surface area contributed by atoms with Gasteiger partial charge in [0.05, 0.1) is 5.59 Å². The smallest absolute Gasteiger partial charge is 0.279 e. The maximum Gasteiger partial charge on any atom is 0.279 e. The van der Waals surface area contributed by atoms with Crippen molar-refractivity contribution in [1.29, 1.82) is 0 Å². The summed E-state index contributed by atoms with van der Waals surface area (Å²) in [4.78, 5) is 12.9. The molecule has 396 valence electrons. The maximum atomic E-state index is 7.40. The molecule has 2 aliphatic rings. The molecule has 0 fully saturated rings. The topological polar surface area (TPSA) is 48.9 Å². The lowest BCUT2D eigenvalue weighted by Gasteiger charge is -2.43. The van der Waals surface area contributed by atoms with E-state index in [0.717, 1.165) is 89.6 Å². The molecule has 13 rings (SSSR count). The van der Waals surface area contributed by atoms with Crippen LogP contribution in [0.15, 0.2) is 209 Å². The Morgan fingerprint density at radius 1 is 0.388 bits per heavy atom. The Morgan fingerprint density at radius 2 is 0.875 bits per heavy atom. The van der Waals surface area contributed by atoms with Gasteiger partial charge in [-0.1, -0.05) is 180 Å². The van der Waals surface area contributed by atoms with Crippen molar-refractivity contribution >= 4 is 96.6 Å². The Labute approximate surface area is 472 Å². The Kier molecular flexibility index (Phi) is 11.8. The van der Waals surface area contributed by atoms with Crippen molar-refractivity contribution in [3.63, 3.8) is 0 Å². The second-order valence-corrected chi connectivity index (χ2v) is 26.2.